The summed E-state index contributed by atoms with van der Waals surface area (Å²) in [6, 6.07) is 15.1. The molecule has 5 rings (SSSR count). The van der Waals surface area contributed by atoms with Gasteiger partial charge >= 0.3 is 0 Å². The average molecular weight is 442 g/mol. The number of fused-ring (bicyclic) bond motifs is 2. The summed E-state index contributed by atoms with van der Waals surface area (Å²) in [5.41, 5.74) is 6.65. The van der Waals surface area contributed by atoms with Gasteiger partial charge in [0.25, 0.3) is 5.56 Å². The third kappa shape index (κ3) is 3.80. The number of halogens is 1. The lowest BCUT2D eigenvalue weighted by molar-refractivity contribution is 0.626. The van der Waals surface area contributed by atoms with Crippen LogP contribution in [0.1, 0.15) is 30.8 Å². The number of aromatic amines is 1. The van der Waals surface area contributed by atoms with Gasteiger partial charge in [-0.2, -0.15) is 0 Å². The van der Waals surface area contributed by atoms with Crippen molar-refractivity contribution in [1.29, 1.82) is 0 Å². The quantitative estimate of drug-likeness (QED) is 0.338. The zero-order valence-electron chi connectivity index (χ0n) is 18.3. The molecule has 0 fully saturated rings. The van der Waals surface area contributed by atoms with Gasteiger partial charge in [0, 0.05) is 23.5 Å². The van der Waals surface area contributed by atoms with E-state index >= 15 is 0 Å². The molecule has 0 aliphatic rings. The first kappa shape index (κ1) is 20.7. The van der Waals surface area contributed by atoms with Crippen LogP contribution in [-0.2, 0) is 0 Å². The first-order chi connectivity index (χ1) is 16.0. The molecule has 0 radical (unpaired) electrons. The normalized spacial score (nSPS) is 12.2. The van der Waals surface area contributed by atoms with E-state index in [1.807, 2.05) is 50.4 Å². The molecule has 7 nitrogen and oxygen atoms in total. The van der Waals surface area contributed by atoms with E-state index in [0.29, 0.717) is 28.8 Å². The SMILES string of the molecule is CCC(Nc1ccnc2[nH]ccc12)c1nc2cccc(C)c2c(=O)n1Nc1ccc(F)cc1. The van der Waals surface area contributed by atoms with Crippen molar-refractivity contribution in [1.82, 2.24) is 19.6 Å². The lowest BCUT2D eigenvalue weighted by Crippen LogP contribution is -2.34. The highest BCUT2D eigenvalue weighted by molar-refractivity contribution is 5.89. The standard InChI is InChI=1S/C25H23FN6O/c1-3-19(29-20-12-14-28-23-18(20)11-13-27-23)24-30-21-6-4-5-15(2)22(21)25(33)32(24)31-17-9-7-16(26)8-10-17/h4-14,19,31H,3H2,1-2H3,(H2,27,28,29). The number of nitrogens with zero attached hydrogens (tertiary/aromatic N) is 3. The Balaban J connectivity index is 1.66. The van der Waals surface area contributed by atoms with E-state index in [1.165, 1.54) is 16.8 Å². The third-order valence-corrected chi connectivity index (χ3v) is 5.73. The predicted molar refractivity (Wildman–Crippen MR) is 129 cm³/mol. The van der Waals surface area contributed by atoms with Crippen LogP contribution in [0.4, 0.5) is 15.8 Å². The van der Waals surface area contributed by atoms with Crippen molar-refractivity contribution < 1.29 is 4.39 Å². The van der Waals surface area contributed by atoms with Gasteiger partial charge in [-0.15, -0.1) is 0 Å². The molecule has 0 aliphatic carbocycles. The molecule has 0 amide bonds. The number of anilines is 2. The van der Waals surface area contributed by atoms with Crippen LogP contribution < -0.4 is 16.3 Å². The molecule has 1 atom stereocenters. The van der Waals surface area contributed by atoms with Crippen LogP contribution in [0.5, 0.6) is 0 Å². The maximum Gasteiger partial charge on any atom is 0.280 e. The first-order valence-electron chi connectivity index (χ1n) is 10.8. The van der Waals surface area contributed by atoms with Crippen LogP contribution in [0.15, 0.2) is 71.8 Å². The van der Waals surface area contributed by atoms with Crippen molar-refractivity contribution in [2.45, 2.75) is 26.3 Å². The van der Waals surface area contributed by atoms with Gasteiger partial charge in [0.05, 0.1) is 22.6 Å². The second-order valence-corrected chi connectivity index (χ2v) is 7.90. The molecule has 166 valence electrons. The van der Waals surface area contributed by atoms with Crippen molar-refractivity contribution in [3.63, 3.8) is 0 Å². The van der Waals surface area contributed by atoms with Crippen molar-refractivity contribution >= 4 is 33.3 Å². The molecule has 3 heterocycles. The highest BCUT2D eigenvalue weighted by Gasteiger charge is 2.21. The fourth-order valence-electron chi connectivity index (χ4n) is 4.03. The minimum atomic E-state index is -0.345. The average Bonchev–Trinajstić information content (AvgIpc) is 3.30. The van der Waals surface area contributed by atoms with E-state index in [9.17, 15) is 9.18 Å². The monoisotopic (exact) mass is 442 g/mol. The molecule has 0 saturated carbocycles. The van der Waals surface area contributed by atoms with Gasteiger partial charge in [0.1, 0.15) is 11.5 Å². The number of benzene rings is 2. The number of H-pyrrole nitrogens is 1. The maximum absolute atomic E-state index is 13.6. The summed E-state index contributed by atoms with van der Waals surface area (Å²) in [6.45, 7) is 3.92. The minimum Gasteiger partial charge on any atom is -0.374 e. The van der Waals surface area contributed by atoms with Crippen molar-refractivity contribution in [2.24, 2.45) is 0 Å². The molecular weight excluding hydrogens is 419 g/mol. The molecule has 3 aromatic heterocycles. The molecule has 1 unspecified atom stereocenters. The predicted octanol–water partition coefficient (Wildman–Crippen LogP) is 5.16. The topological polar surface area (TPSA) is 87.6 Å². The molecule has 0 spiro atoms. The summed E-state index contributed by atoms with van der Waals surface area (Å²) < 4.78 is 14.9. The van der Waals surface area contributed by atoms with Crippen LogP contribution in [0, 0.1) is 12.7 Å². The van der Waals surface area contributed by atoms with E-state index in [1.54, 1.807) is 18.3 Å². The Morgan fingerprint density at radius 3 is 2.73 bits per heavy atom. The van der Waals surface area contributed by atoms with E-state index in [-0.39, 0.29) is 17.4 Å². The summed E-state index contributed by atoms with van der Waals surface area (Å²) in [7, 11) is 0. The van der Waals surface area contributed by atoms with Crippen LogP contribution in [0.2, 0.25) is 0 Å². The van der Waals surface area contributed by atoms with Gasteiger partial charge in [0.15, 0.2) is 5.82 Å². The number of nitrogens with one attached hydrogen (secondary N) is 3. The van der Waals surface area contributed by atoms with Gasteiger partial charge in [-0.3, -0.25) is 10.2 Å². The molecule has 33 heavy (non-hydrogen) atoms. The highest BCUT2D eigenvalue weighted by atomic mass is 19.1. The summed E-state index contributed by atoms with van der Waals surface area (Å²) in [6.07, 6.45) is 4.24. The number of hydrogen-bond acceptors (Lipinski definition) is 5. The molecule has 0 saturated heterocycles. The Labute approximate surface area is 189 Å². The number of hydrogen-bond donors (Lipinski definition) is 3. The number of aryl methyl sites for hydroxylation is 1. The fourth-order valence-corrected chi connectivity index (χ4v) is 4.03. The Morgan fingerprint density at radius 2 is 1.94 bits per heavy atom. The van der Waals surface area contributed by atoms with Crippen molar-refractivity contribution in [3.05, 3.63) is 94.5 Å². The Morgan fingerprint density at radius 1 is 1.12 bits per heavy atom. The molecule has 2 aromatic carbocycles. The lowest BCUT2D eigenvalue weighted by atomic mass is 10.1. The van der Waals surface area contributed by atoms with E-state index in [0.717, 1.165) is 22.3 Å². The van der Waals surface area contributed by atoms with Crippen LogP contribution in [-0.4, -0.2) is 19.6 Å². The third-order valence-electron chi connectivity index (χ3n) is 5.73. The number of pyridine rings is 1. The highest BCUT2D eigenvalue weighted by Crippen LogP contribution is 2.27. The second kappa shape index (κ2) is 8.38. The zero-order valence-corrected chi connectivity index (χ0v) is 18.3. The summed E-state index contributed by atoms with van der Waals surface area (Å²) in [5.74, 6) is 0.187. The number of rotatable bonds is 6. The summed E-state index contributed by atoms with van der Waals surface area (Å²) in [5, 5.41) is 5.03. The van der Waals surface area contributed by atoms with E-state index < -0.39 is 0 Å². The largest absolute Gasteiger partial charge is 0.374 e. The molecular formula is C25H23FN6O. The number of aromatic nitrogens is 4. The molecule has 3 N–H and O–H groups in total. The smallest absolute Gasteiger partial charge is 0.280 e. The first-order valence-corrected chi connectivity index (χ1v) is 10.8. The Bertz CT molecular complexity index is 1510. The van der Waals surface area contributed by atoms with Crippen LogP contribution in [0.25, 0.3) is 21.9 Å². The van der Waals surface area contributed by atoms with Gasteiger partial charge in [0.2, 0.25) is 0 Å². The van der Waals surface area contributed by atoms with Crippen LogP contribution in [0.3, 0.4) is 0 Å². The lowest BCUT2D eigenvalue weighted by Gasteiger charge is -2.23. The maximum atomic E-state index is 13.6. The summed E-state index contributed by atoms with van der Waals surface area (Å²) >= 11 is 0. The Hall–Kier alpha value is -4.20. The second-order valence-electron chi connectivity index (χ2n) is 7.90. The van der Waals surface area contributed by atoms with Crippen molar-refractivity contribution in [3.8, 4) is 0 Å². The van der Waals surface area contributed by atoms with E-state index in [2.05, 4.69) is 20.7 Å². The molecule has 8 heteroatoms. The van der Waals surface area contributed by atoms with Crippen LogP contribution >= 0.6 is 0 Å². The van der Waals surface area contributed by atoms with E-state index in [4.69, 9.17) is 4.98 Å². The molecule has 0 aliphatic heterocycles. The molecule has 5 aromatic rings. The Kier molecular flexibility index (Phi) is 5.26. The molecule has 0 bridgehead atoms. The zero-order chi connectivity index (χ0) is 22.9. The van der Waals surface area contributed by atoms with Crippen molar-refractivity contribution in [2.75, 3.05) is 10.7 Å². The summed E-state index contributed by atoms with van der Waals surface area (Å²) in [4.78, 5) is 26.0. The minimum absolute atomic E-state index is 0.209. The van der Waals surface area contributed by atoms with Gasteiger partial charge in [-0.05, 0) is 61.4 Å². The fraction of sp³-hybridized carbons (Fsp3) is 0.160. The van der Waals surface area contributed by atoms with Gasteiger partial charge in [-0.1, -0.05) is 19.1 Å². The van der Waals surface area contributed by atoms with Gasteiger partial charge in [-0.25, -0.2) is 19.0 Å². The van der Waals surface area contributed by atoms with Gasteiger partial charge < -0.3 is 10.3 Å².